The Balaban J connectivity index is 2.22. The number of fused-ring (bicyclic) bond motifs is 1. The van der Waals surface area contributed by atoms with E-state index < -0.39 is 0 Å². The summed E-state index contributed by atoms with van der Waals surface area (Å²) in [4.78, 5) is 11.1. The van der Waals surface area contributed by atoms with E-state index >= 15 is 0 Å². The minimum absolute atomic E-state index is 0.729. The Morgan fingerprint density at radius 3 is 2.72 bits per heavy atom. The molecule has 0 saturated carbocycles. The molecule has 0 aliphatic rings. The summed E-state index contributed by atoms with van der Waals surface area (Å²) in [6.07, 6.45) is 2.95. The van der Waals surface area contributed by atoms with Crippen LogP contribution in [0, 0.1) is 0 Å². The lowest BCUT2D eigenvalue weighted by atomic mass is 9.99. The second-order valence-corrected chi connectivity index (χ2v) is 4.41. The zero-order valence-corrected chi connectivity index (χ0v) is 10.1. The van der Waals surface area contributed by atoms with Crippen LogP contribution in [0.3, 0.4) is 0 Å². The van der Waals surface area contributed by atoms with Crippen LogP contribution in [0.1, 0.15) is 10.4 Å². The summed E-state index contributed by atoms with van der Waals surface area (Å²) < 4.78 is 2.09. The number of carbonyl (C=O) groups is 1. The summed E-state index contributed by atoms with van der Waals surface area (Å²) in [5.41, 5.74) is 3.99. The first-order valence-electron chi connectivity index (χ1n) is 5.89. The quantitative estimate of drug-likeness (QED) is 0.621. The standard InChI is InChI=1S/C16H13NO/c1-17-9-8-13-10-12(6-7-16(13)17)15-5-3-2-4-14(15)11-18/h2-11H,1H3. The summed E-state index contributed by atoms with van der Waals surface area (Å²) in [5, 5.41) is 1.19. The Bertz CT molecular complexity index is 725. The van der Waals surface area contributed by atoms with Gasteiger partial charge in [0, 0.05) is 29.7 Å². The van der Waals surface area contributed by atoms with Crippen molar-refractivity contribution >= 4 is 17.2 Å². The van der Waals surface area contributed by atoms with Crippen LogP contribution in [0.15, 0.2) is 54.7 Å². The van der Waals surface area contributed by atoms with Crippen molar-refractivity contribution in [1.82, 2.24) is 4.57 Å². The average Bonchev–Trinajstić information content (AvgIpc) is 2.80. The molecule has 2 aromatic carbocycles. The highest BCUT2D eigenvalue weighted by molar-refractivity contribution is 5.91. The van der Waals surface area contributed by atoms with Crippen molar-refractivity contribution in [2.24, 2.45) is 7.05 Å². The van der Waals surface area contributed by atoms with E-state index in [-0.39, 0.29) is 0 Å². The van der Waals surface area contributed by atoms with Gasteiger partial charge in [-0.15, -0.1) is 0 Å². The normalized spacial score (nSPS) is 10.7. The van der Waals surface area contributed by atoms with E-state index in [4.69, 9.17) is 0 Å². The van der Waals surface area contributed by atoms with Gasteiger partial charge in [-0.05, 0) is 29.3 Å². The first-order chi connectivity index (χ1) is 8.79. The molecule has 1 aromatic heterocycles. The van der Waals surface area contributed by atoms with Crippen molar-refractivity contribution in [2.45, 2.75) is 0 Å². The minimum Gasteiger partial charge on any atom is -0.351 e. The molecule has 0 saturated heterocycles. The molecule has 0 fully saturated rings. The van der Waals surface area contributed by atoms with E-state index in [9.17, 15) is 4.79 Å². The second-order valence-electron chi connectivity index (χ2n) is 4.41. The van der Waals surface area contributed by atoms with Crippen LogP contribution in [-0.2, 0) is 7.05 Å². The van der Waals surface area contributed by atoms with Gasteiger partial charge in [-0.2, -0.15) is 0 Å². The van der Waals surface area contributed by atoms with Gasteiger partial charge in [-0.1, -0.05) is 30.3 Å². The van der Waals surface area contributed by atoms with E-state index in [1.165, 1.54) is 10.9 Å². The Labute approximate surface area is 105 Å². The van der Waals surface area contributed by atoms with Crippen LogP contribution in [-0.4, -0.2) is 10.9 Å². The Hall–Kier alpha value is -2.35. The maximum atomic E-state index is 11.1. The van der Waals surface area contributed by atoms with Crippen LogP contribution in [0.5, 0.6) is 0 Å². The summed E-state index contributed by atoms with van der Waals surface area (Å²) in [6.45, 7) is 0. The van der Waals surface area contributed by atoms with Gasteiger partial charge in [0.05, 0.1) is 0 Å². The molecule has 0 aliphatic heterocycles. The number of aldehydes is 1. The third kappa shape index (κ3) is 1.63. The molecule has 2 nitrogen and oxygen atoms in total. The molecule has 0 spiro atoms. The van der Waals surface area contributed by atoms with Gasteiger partial charge in [0.15, 0.2) is 6.29 Å². The van der Waals surface area contributed by atoms with E-state index in [1.807, 2.05) is 37.5 Å². The lowest BCUT2D eigenvalue weighted by Crippen LogP contribution is -1.87. The molecular formula is C16H13NO. The molecule has 18 heavy (non-hydrogen) atoms. The molecule has 0 atom stereocenters. The van der Waals surface area contributed by atoms with E-state index in [1.54, 1.807) is 0 Å². The topological polar surface area (TPSA) is 22.0 Å². The van der Waals surface area contributed by atoms with Crippen molar-refractivity contribution in [3.8, 4) is 11.1 Å². The Kier molecular flexibility index (Phi) is 2.49. The number of aromatic nitrogens is 1. The van der Waals surface area contributed by atoms with Crippen LogP contribution in [0.4, 0.5) is 0 Å². The zero-order chi connectivity index (χ0) is 12.5. The summed E-state index contributed by atoms with van der Waals surface area (Å²) in [5.74, 6) is 0. The molecule has 3 rings (SSSR count). The molecule has 0 N–H and O–H groups in total. The van der Waals surface area contributed by atoms with Crippen LogP contribution < -0.4 is 0 Å². The predicted octanol–water partition coefficient (Wildman–Crippen LogP) is 3.66. The average molecular weight is 235 g/mol. The van der Waals surface area contributed by atoms with E-state index in [2.05, 4.69) is 28.8 Å². The number of nitrogens with zero attached hydrogens (tertiary/aromatic N) is 1. The number of benzene rings is 2. The molecule has 3 aromatic rings. The molecule has 0 amide bonds. The fourth-order valence-electron chi connectivity index (χ4n) is 2.31. The van der Waals surface area contributed by atoms with Gasteiger partial charge in [0.2, 0.25) is 0 Å². The lowest BCUT2D eigenvalue weighted by molar-refractivity contribution is 0.112. The molecule has 2 heteroatoms. The molecule has 88 valence electrons. The molecule has 0 unspecified atom stereocenters. The molecule has 0 aliphatic carbocycles. The van der Waals surface area contributed by atoms with Gasteiger partial charge in [-0.3, -0.25) is 4.79 Å². The predicted molar refractivity (Wildman–Crippen MR) is 73.7 cm³/mol. The van der Waals surface area contributed by atoms with Crippen molar-refractivity contribution in [3.05, 3.63) is 60.3 Å². The summed E-state index contributed by atoms with van der Waals surface area (Å²) in [7, 11) is 2.03. The summed E-state index contributed by atoms with van der Waals surface area (Å²) in [6, 6.07) is 16.0. The van der Waals surface area contributed by atoms with Gasteiger partial charge in [0.1, 0.15) is 0 Å². The molecule has 0 radical (unpaired) electrons. The monoisotopic (exact) mass is 235 g/mol. The number of hydrogen-bond donors (Lipinski definition) is 0. The largest absolute Gasteiger partial charge is 0.351 e. The summed E-state index contributed by atoms with van der Waals surface area (Å²) >= 11 is 0. The highest BCUT2D eigenvalue weighted by Crippen LogP contribution is 2.26. The smallest absolute Gasteiger partial charge is 0.150 e. The van der Waals surface area contributed by atoms with Gasteiger partial charge >= 0.3 is 0 Å². The molecule has 0 bridgehead atoms. The van der Waals surface area contributed by atoms with Crippen LogP contribution in [0.25, 0.3) is 22.0 Å². The SMILES string of the molecule is Cn1ccc2cc(-c3ccccc3C=O)ccc21. The number of rotatable bonds is 2. The fraction of sp³-hybridized carbons (Fsp3) is 0.0625. The first kappa shape index (κ1) is 10.8. The molecular weight excluding hydrogens is 222 g/mol. The lowest BCUT2D eigenvalue weighted by Gasteiger charge is -2.05. The molecule has 1 heterocycles. The highest BCUT2D eigenvalue weighted by Gasteiger charge is 2.05. The fourth-order valence-corrected chi connectivity index (χ4v) is 2.31. The zero-order valence-electron chi connectivity index (χ0n) is 10.1. The first-order valence-corrected chi connectivity index (χ1v) is 5.89. The highest BCUT2D eigenvalue weighted by atomic mass is 16.1. The number of hydrogen-bond acceptors (Lipinski definition) is 1. The van der Waals surface area contributed by atoms with Gasteiger partial charge < -0.3 is 4.57 Å². The van der Waals surface area contributed by atoms with E-state index in [0.29, 0.717) is 0 Å². The maximum Gasteiger partial charge on any atom is 0.150 e. The van der Waals surface area contributed by atoms with E-state index in [0.717, 1.165) is 23.0 Å². The van der Waals surface area contributed by atoms with Crippen molar-refractivity contribution < 1.29 is 4.79 Å². The van der Waals surface area contributed by atoms with Gasteiger partial charge in [0.25, 0.3) is 0 Å². The van der Waals surface area contributed by atoms with Gasteiger partial charge in [-0.25, -0.2) is 0 Å². The van der Waals surface area contributed by atoms with Crippen molar-refractivity contribution in [1.29, 1.82) is 0 Å². The third-order valence-electron chi connectivity index (χ3n) is 3.28. The van der Waals surface area contributed by atoms with Crippen LogP contribution >= 0.6 is 0 Å². The van der Waals surface area contributed by atoms with Crippen molar-refractivity contribution in [3.63, 3.8) is 0 Å². The third-order valence-corrected chi connectivity index (χ3v) is 3.28. The minimum atomic E-state index is 0.729. The van der Waals surface area contributed by atoms with Crippen molar-refractivity contribution in [2.75, 3.05) is 0 Å². The number of carbonyl (C=O) groups excluding carboxylic acids is 1. The second kappa shape index (κ2) is 4.15. The maximum absolute atomic E-state index is 11.1. The Morgan fingerprint density at radius 2 is 1.89 bits per heavy atom. The number of aryl methyl sites for hydroxylation is 1. The van der Waals surface area contributed by atoms with Crippen LogP contribution in [0.2, 0.25) is 0 Å². The Morgan fingerprint density at radius 1 is 1.06 bits per heavy atom.